The van der Waals surface area contributed by atoms with Crippen LogP contribution in [0.2, 0.25) is 0 Å². The zero-order valence-corrected chi connectivity index (χ0v) is 9.94. The highest BCUT2D eigenvalue weighted by molar-refractivity contribution is 4.71. The topological polar surface area (TPSA) is 21.3 Å². The highest BCUT2D eigenvalue weighted by Crippen LogP contribution is 2.19. The molecule has 1 aliphatic rings. The third kappa shape index (κ3) is 5.61. The van der Waals surface area contributed by atoms with Crippen LogP contribution in [0.25, 0.3) is 0 Å². The van der Waals surface area contributed by atoms with Gasteiger partial charge in [-0.3, -0.25) is 0 Å². The van der Waals surface area contributed by atoms with E-state index in [0.29, 0.717) is 0 Å². The van der Waals surface area contributed by atoms with Gasteiger partial charge in [-0.05, 0) is 58.9 Å². The van der Waals surface area contributed by atoms with Gasteiger partial charge in [-0.15, -0.1) is 0 Å². The fourth-order valence-corrected chi connectivity index (χ4v) is 1.89. The maximum atomic E-state index is 5.34. The van der Waals surface area contributed by atoms with E-state index >= 15 is 0 Å². The van der Waals surface area contributed by atoms with Crippen molar-refractivity contribution in [1.29, 1.82) is 0 Å². The van der Waals surface area contributed by atoms with Crippen molar-refractivity contribution in [3.63, 3.8) is 0 Å². The van der Waals surface area contributed by atoms with Crippen molar-refractivity contribution in [3.8, 4) is 0 Å². The standard InChI is InChI=1S/C12H25NO/c1-12(2,3)13-8-4-5-11-6-9-14-10-7-11/h11,13H,4-10H2,1-3H3. The molecule has 0 saturated carbocycles. The highest BCUT2D eigenvalue weighted by atomic mass is 16.5. The molecular weight excluding hydrogens is 174 g/mol. The van der Waals surface area contributed by atoms with E-state index in [2.05, 4.69) is 26.1 Å². The van der Waals surface area contributed by atoms with Crippen molar-refractivity contribution in [1.82, 2.24) is 5.32 Å². The summed E-state index contributed by atoms with van der Waals surface area (Å²) in [6, 6.07) is 0. The Morgan fingerprint density at radius 3 is 2.43 bits per heavy atom. The van der Waals surface area contributed by atoms with Crippen molar-refractivity contribution >= 4 is 0 Å². The van der Waals surface area contributed by atoms with E-state index < -0.39 is 0 Å². The fraction of sp³-hybridized carbons (Fsp3) is 1.00. The Hall–Kier alpha value is -0.0800. The summed E-state index contributed by atoms with van der Waals surface area (Å²) < 4.78 is 5.34. The van der Waals surface area contributed by atoms with Crippen molar-refractivity contribution in [2.45, 2.75) is 52.0 Å². The first-order valence-corrected chi connectivity index (χ1v) is 5.91. The molecule has 0 aromatic rings. The second-order valence-corrected chi connectivity index (χ2v) is 5.37. The first-order chi connectivity index (χ1) is 6.58. The smallest absolute Gasteiger partial charge is 0.0468 e. The van der Waals surface area contributed by atoms with Gasteiger partial charge in [0, 0.05) is 18.8 Å². The molecule has 0 aromatic carbocycles. The highest BCUT2D eigenvalue weighted by Gasteiger charge is 2.13. The predicted octanol–water partition coefficient (Wildman–Crippen LogP) is 2.58. The molecule has 0 spiro atoms. The Kier molecular flexibility index (Phi) is 4.90. The van der Waals surface area contributed by atoms with Gasteiger partial charge in [0.1, 0.15) is 0 Å². The quantitative estimate of drug-likeness (QED) is 0.703. The lowest BCUT2D eigenvalue weighted by molar-refractivity contribution is 0.0632. The van der Waals surface area contributed by atoms with Gasteiger partial charge in [0.05, 0.1) is 0 Å². The first kappa shape index (κ1) is 12.0. The molecule has 2 heteroatoms. The Balaban J connectivity index is 1.97. The molecule has 0 bridgehead atoms. The van der Waals surface area contributed by atoms with Crippen molar-refractivity contribution in [2.75, 3.05) is 19.8 Å². The van der Waals surface area contributed by atoms with E-state index in [4.69, 9.17) is 4.74 Å². The van der Waals surface area contributed by atoms with Gasteiger partial charge in [-0.1, -0.05) is 0 Å². The molecule has 1 N–H and O–H groups in total. The fourth-order valence-electron chi connectivity index (χ4n) is 1.89. The van der Waals surface area contributed by atoms with Crippen molar-refractivity contribution in [3.05, 3.63) is 0 Å². The van der Waals surface area contributed by atoms with Crippen LogP contribution in [-0.4, -0.2) is 25.3 Å². The lowest BCUT2D eigenvalue weighted by Crippen LogP contribution is -2.36. The Labute approximate surface area is 88.4 Å². The molecule has 1 fully saturated rings. The van der Waals surface area contributed by atoms with Gasteiger partial charge in [-0.25, -0.2) is 0 Å². The van der Waals surface area contributed by atoms with Crippen LogP contribution in [0.3, 0.4) is 0 Å². The van der Waals surface area contributed by atoms with Crippen LogP contribution in [-0.2, 0) is 4.74 Å². The summed E-state index contributed by atoms with van der Waals surface area (Å²) in [5.74, 6) is 0.922. The third-order valence-electron chi connectivity index (χ3n) is 2.79. The molecule has 0 radical (unpaired) electrons. The monoisotopic (exact) mass is 199 g/mol. The largest absolute Gasteiger partial charge is 0.381 e. The van der Waals surface area contributed by atoms with Crippen LogP contribution in [0.4, 0.5) is 0 Å². The third-order valence-corrected chi connectivity index (χ3v) is 2.79. The number of rotatable bonds is 4. The Morgan fingerprint density at radius 1 is 1.21 bits per heavy atom. The molecule has 1 saturated heterocycles. The number of hydrogen-bond donors (Lipinski definition) is 1. The molecule has 1 rings (SSSR count). The van der Waals surface area contributed by atoms with Crippen molar-refractivity contribution in [2.24, 2.45) is 5.92 Å². The van der Waals surface area contributed by atoms with E-state index in [0.717, 1.165) is 25.7 Å². The lowest BCUT2D eigenvalue weighted by Gasteiger charge is -2.24. The lowest BCUT2D eigenvalue weighted by atomic mass is 9.95. The second kappa shape index (κ2) is 5.72. The van der Waals surface area contributed by atoms with Gasteiger partial charge in [-0.2, -0.15) is 0 Å². The molecule has 0 aromatic heterocycles. The summed E-state index contributed by atoms with van der Waals surface area (Å²) in [6.45, 7) is 9.79. The summed E-state index contributed by atoms with van der Waals surface area (Å²) in [5, 5.41) is 3.53. The normalized spacial score (nSPS) is 19.9. The number of hydrogen-bond acceptors (Lipinski definition) is 2. The second-order valence-electron chi connectivity index (χ2n) is 5.37. The first-order valence-electron chi connectivity index (χ1n) is 5.91. The van der Waals surface area contributed by atoms with Crippen LogP contribution in [0.1, 0.15) is 46.5 Å². The minimum atomic E-state index is 0.273. The minimum absolute atomic E-state index is 0.273. The van der Waals surface area contributed by atoms with E-state index in [1.165, 1.54) is 25.7 Å². The summed E-state index contributed by atoms with van der Waals surface area (Å²) in [4.78, 5) is 0. The summed E-state index contributed by atoms with van der Waals surface area (Å²) in [7, 11) is 0. The number of nitrogens with one attached hydrogen (secondary N) is 1. The van der Waals surface area contributed by atoms with Crippen LogP contribution < -0.4 is 5.32 Å². The molecule has 0 aliphatic carbocycles. The molecule has 1 heterocycles. The van der Waals surface area contributed by atoms with Crippen LogP contribution in [0, 0.1) is 5.92 Å². The zero-order valence-electron chi connectivity index (χ0n) is 9.94. The maximum Gasteiger partial charge on any atom is 0.0468 e. The Bertz CT molecular complexity index is 145. The SMILES string of the molecule is CC(C)(C)NCCCC1CCOCC1. The van der Waals surface area contributed by atoms with Crippen LogP contribution >= 0.6 is 0 Å². The van der Waals surface area contributed by atoms with Gasteiger partial charge in [0.15, 0.2) is 0 Å². The summed E-state index contributed by atoms with van der Waals surface area (Å²) >= 11 is 0. The molecule has 1 aliphatic heterocycles. The van der Waals surface area contributed by atoms with Gasteiger partial charge >= 0.3 is 0 Å². The minimum Gasteiger partial charge on any atom is -0.381 e. The molecular formula is C12H25NO. The van der Waals surface area contributed by atoms with E-state index in [9.17, 15) is 0 Å². The van der Waals surface area contributed by atoms with Gasteiger partial charge in [0.2, 0.25) is 0 Å². The molecule has 0 unspecified atom stereocenters. The number of ether oxygens (including phenoxy) is 1. The molecule has 0 atom stereocenters. The van der Waals surface area contributed by atoms with E-state index in [-0.39, 0.29) is 5.54 Å². The van der Waals surface area contributed by atoms with Crippen LogP contribution in [0.5, 0.6) is 0 Å². The average molecular weight is 199 g/mol. The van der Waals surface area contributed by atoms with Crippen LogP contribution in [0.15, 0.2) is 0 Å². The zero-order chi connectivity index (χ0) is 10.4. The average Bonchev–Trinajstić information content (AvgIpc) is 2.13. The summed E-state index contributed by atoms with van der Waals surface area (Å²) in [5.41, 5.74) is 0.273. The van der Waals surface area contributed by atoms with Gasteiger partial charge in [0.25, 0.3) is 0 Å². The maximum absolute atomic E-state index is 5.34. The molecule has 14 heavy (non-hydrogen) atoms. The predicted molar refractivity (Wildman–Crippen MR) is 60.5 cm³/mol. The van der Waals surface area contributed by atoms with Crippen molar-refractivity contribution < 1.29 is 4.74 Å². The van der Waals surface area contributed by atoms with E-state index in [1.54, 1.807) is 0 Å². The molecule has 0 amide bonds. The summed E-state index contributed by atoms with van der Waals surface area (Å²) in [6.07, 6.45) is 5.22. The molecule has 2 nitrogen and oxygen atoms in total. The molecule has 84 valence electrons. The van der Waals surface area contributed by atoms with E-state index in [1.807, 2.05) is 0 Å². The van der Waals surface area contributed by atoms with Gasteiger partial charge < -0.3 is 10.1 Å². The Morgan fingerprint density at radius 2 is 1.86 bits per heavy atom.